The zero-order chi connectivity index (χ0) is 31.6. The SMILES string of the molecule is O=C(CCCCCN1C(=O)/C(=C2\SC(=S)N(CCCCCC(=O)Nc3ccc(F)cc3)C2=O)SC1=S)Nc1ccc(F)cc1. The lowest BCUT2D eigenvalue weighted by molar-refractivity contribution is -0.124. The predicted octanol–water partition coefficient (Wildman–Crippen LogP) is 6.60. The maximum Gasteiger partial charge on any atom is 0.267 e. The van der Waals surface area contributed by atoms with Gasteiger partial charge in [-0.1, -0.05) is 60.8 Å². The van der Waals surface area contributed by atoms with Crippen LogP contribution in [0.2, 0.25) is 0 Å². The summed E-state index contributed by atoms with van der Waals surface area (Å²) in [5.74, 6) is -1.72. The van der Waals surface area contributed by atoms with Crippen LogP contribution in [-0.4, -0.2) is 55.2 Å². The van der Waals surface area contributed by atoms with Crippen molar-refractivity contribution in [3.8, 4) is 0 Å². The monoisotopic (exact) mass is 676 g/mol. The van der Waals surface area contributed by atoms with E-state index >= 15 is 0 Å². The van der Waals surface area contributed by atoms with Crippen LogP contribution >= 0.6 is 48.0 Å². The van der Waals surface area contributed by atoms with E-state index in [4.69, 9.17) is 24.4 Å². The molecule has 232 valence electrons. The molecule has 44 heavy (non-hydrogen) atoms. The van der Waals surface area contributed by atoms with Gasteiger partial charge in [-0.2, -0.15) is 0 Å². The van der Waals surface area contributed by atoms with Crippen LogP contribution in [0.1, 0.15) is 51.4 Å². The van der Waals surface area contributed by atoms with Crippen molar-refractivity contribution in [1.29, 1.82) is 0 Å². The molecule has 4 rings (SSSR count). The maximum absolute atomic E-state index is 13.2. The van der Waals surface area contributed by atoms with Gasteiger partial charge in [0.15, 0.2) is 0 Å². The van der Waals surface area contributed by atoms with E-state index < -0.39 is 0 Å². The molecule has 0 atom stereocenters. The number of carbonyl (C=O) groups is 4. The average Bonchev–Trinajstić information content (AvgIpc) is 3.43. The van der Waals surface area contributed by atoms with E-state index in [-0.39, 0.29) is 45.1 Å². The van der Waals surface area contributed by atoms with Gasteiger partial charge >= 0.3 is 0 Å². The first-order valence-corrected chi connectivity index (χ1v) is 16.5. The number of nitrogens with zero attached hydrogens (tertiary/aromatic N) is 2. The smallest absolute Gasteiger partial charge is 0.267 e. The van der Waals surface area contributed by atoms with Crippen LogP contribution < -0.4 is 10.6 Å². The van der Waals surface area contributed by atoms with Gasteiger partial charge in [-0.3, -0.25) is 29.0 Å². The lowest BCUT2D eigenvalue weighted by atomic mass is 10.1. The van der Waals surface area contributed by atoms with Gasteiger partial charge in [0.2, 0.25) is 11.8 Å². The van der Waals surface area contributed by atoms with Crippen LogP contribution in [0.3, 0.4) is 0 Å². The van der Waals surface area contributed by atoms with Crippen molar-refractivity contribution in [3.63, 3.8) is 0 Å². The Morgan fingerprint density at radius 3 is 1.34 bits per heavy atom. The number of thiocarbonyl (C=S) groups is 2. The number of thioether (sulfide) groups is 2. The number of nitrogens with one attached hydrogen (secondary N) is 2. The molecule has 2 aromatic rings. The van der Waals surface area contributed by atoms with Crippen LogP contribution in [-0.2, 0) is 19.2 Å². The Balaban J connectivity index is 1.16. The summed E-state index contributed by atoms with van der Waals surface area (Å²) in [6.45, 7) is 0.756. The van der Waals surface area contributed by atoms with Gasteiger partial charge < -0.3 is 10.6 Å². The first-order chi connectivity index (χ1) is 21.1. The third-order valence-corrected chi connectivity index (χ3v) is 9.76. The maximum atomic E-state index is 13.2. The zero-order valence-electron chi connectivity index (χ0n) is 23.6. The van der Waals surface area contributed by atoms with Crippen molar-refractivity contribution in [2.45, 2.75) is 51.4 Å². The molecule has 0 aromatic heterocycles. The van der Waals surface area contributed by atoms with Crippen LogP contribution in [0.25, 0.3) is 0 Å². The average molecular weight is 677 g/mol. The molecule has 0 aliphatic carbocycles. The van der Waals surface area contributed by atoms with Crippen molar-refractivity contribution in [2.24, 2.45) is 0 Å². The molecule has 2 fully saturated rings. The highest BCUT2D eigenvalue weighted by Gasteiger charge is 2.41. The van der Waals surface area contributed by atoms with Crippen LogP contribution in [0.15, 0.2) is 58.3 Å². The van der Waals surface area contributed by atoms with Gasteiger partial charge in [-0.05, 0) is 74.2 Å². The molecule has 2 aliphatic heterocycles. The highest BCUT2D eigenvalue weighted by atomic mass is 32.2. The fourth-order valence-corrected chi connectivity index (χ4v) is 7.21. The van der Waals surface area contributed by atoms with E-state index in [1.165, 1.54) is 58.3 Å². The number of halogens is 2. The Morgan fingerprint density at radius 2 is 0.977 bits per heavy atom. The quantitative estimate of drug-likeness (QED) is 0.131. The Kier molecular flexibility index (Phi) is 12.4. The third-order valence-electron chi connectivity index (χ3n) is 6.73. The second kappa shape index (κ2) is 16.2. The topological polar surface area (TPSA) is 98.8 Å². The molecule has 0 radical (unpaired) electrons. The van der Waals surface area contributed by atoms with Crippen molar-refractivity contribution in [2.75, 3.05) is 23.7 Å². The van der Waals surface area contributed by atoms with Gasteiger partial charge in [-0.25, -0.2) is 8.78 Å². The normalized spacial score (nSPS) is 16.7. The number of amides is 4. The number of hydrogen-bond acceptors (Lipinski definition) is 8. The van der Waals surface area contributed by atoms with Crippen molar-refractivity contribution < 1.29 is 28.0 Å². The summed E-state index contributed by atoms with van der Waals surface area (Å²) < 4.78 is 26.8. The lowest BCUT2D eigenvalue weighted by Gasteiger charge is -2.14. The van der Waals surface area contributed by atoms with Gasteiger partial charge in [-0.15, -0.1) is 0 Å². The molecule has 0 spiro atoms. The molecule has 8 nitrogen and oxygen atoms in total. The van der Waals surface area contributed by atoms with Gasteiger partial charge in [0, 0.05) is 37.3 Å². The molecule has 2 heterocycles. The minimum Gasteiger partial charge on any atom is -0.326 e. The van der Waals surface area contributed by atoms with Gasteiger partial charge in [0.1, 0.15) is 20.3 Å². The van der Waals surface area contributed by atoms with Gasteiger partial charge in [0.05, 0.1) is 9.81 Å². The molecule has 2 saturated heterocycles. The summed E-state index contributed by atoms with van der Waals surface area (Å²) >= 11 is 13.0. The van der Waals surface area contributed by atoms with E-state index in [0.717, 1.165) is 23.5 Å². The second-order valence-corrected chi connectivity index (χ2v) is 13.3. The first kappa shape index (κ1) is 33.7. The highest BCUT2D eigenvalue weighted by molar-refractivity contribution is 8.29. The van der Waals surface area contributed by atoms with Crippen LogP contribution in [0.5, 0.6) is 0 Å². The minimum absolute atomic E-state index is 0.170. The molecule has 0 bridgehead atoms. The molecule has 2 aliphatic rings. The highest BCUT2D eigenvalue weighted by Crippen LogP contribution is 2.42. The van der Waals surface area contributed by atoms with E-state index in [2.05, 4.69) is 10.6 Å². The summed E-state index contributed by atoms with van der Waals surface area (Å²) in [7, 11) is 0. The van der Waals surface area contributed by atoms with Crippen molar-refractivity contribution >= 4 is 91.6 Å². The van der Waals surface area contributed by atoms with Crippen LogP contribution in [0, 0.1) is 11.6 Å². The molecule has 14 heteroatoms. The number of rotatable bonds is 14. The van der Waals surface area contributed by atoms with Crippen molar-refractivity contribution in [1.82, 2.24) is 9.80 Å². The fourth-order valence-electron chi connectivity index (χ4n) is 4.43. The number of carbonyl (C=O) groups excluding carboxylic acids is 4. The minimum atomic E-state index is -0.374. The fraction of sp³-hybridized carbons (Fsp3) is 0.333. The summed E-state index contributed by atoms with van der Waals surface area (Å²) in [5, 5.41) is 5.44. The van der Waals surface area contributed by atoms with E-state index in [1.807, 2.05) is 0 Å². The Hall–Kier alpha value is -3.20. The first-order valence-electron chi connectivity index (χ1n) is 14.0. The molecule has 0 unspecified atom stereocenters. The Bertz CT molecular complexity index is 1360. The largest absolute Gasteiger partial charge is 0.326 e. The summed E-state index contributed by atoms with van der Waals surface area (Å²) in [6.07, 6.45) is 4.46. The molecule has 0 saturated carbocycles. The second-order valence-electron chi connectivity index (χ2n) is 10.0. The summed E-state index contributed by atoms with van der Waals surface area (Å²) in [5.41, 5.74) is 1.06. The predicted molar refractivity (Wildman–Crippen MR) is 178 cm³/mol. The van der Waals surface area contributed by atoms with E-state index in [0.29, 0.717) is 84.5 Å². The van der Waals surface area contributed by atoms with Crippen LogP contribution in [0.4, 0.5) is 20.2 Å². The molecule has 4 amide bonds. The Labute approximate surface area is 273 Å². The summed E-state index contributed by atoms with van der Waals surface area (Å²) in [6, 6.07) is 11.1. The third kappa shape index (κ3) is 9.40. The molecule has 2 N–H and O–H groups in total. The number of anilines is 2. The molecule has 2 aromatic carbocycles. The molecular formula is C30H30F2N4O4S4. The van der Waals surface area contributed by atoms with E-state index in [9.17, 15) is 28.0 Å². The molecular weight excluding hydrogens is 647 g/mol. The number of benzene rings is 2. The Morgan fingerprint density at radius 1 is 0.614 bits per heavy atom. The van der Waals surface area contributed by atoms with Gasteiger partial charge in [0.25, 0.3) is 11.8 Å². The van der Waals surface area contributed by atoms with E-state index in [1.54, 1.807) is 0 Å². The standard InChI is InChI=1S/C30H30F2N4O4S4/c31-19-9-13-21(14-10-19)33-23(37)7-3-1-5-17-35-27(39)25(43-29(35)41)26-28(40)36(30(42)44-26)18-6-2-4-8-24(38)34-22-15-11-20(32)12-16-22/h9-16H,1-8,17-18H2,(H,33,37)(H,34,38)/b26-25+. The zero-order valence-corrected chi connectivity index (χ0v) is 26.9. The number of hydrogen-bond donors (Lipinski definition) is 2. The van der Waals surface area contributed by atoms with Crippen molar-refractivity contribution in [3.05, 3.63) is 70.0 Å². The number of unbranched alkanes of at least 4 members (excludes halogenated alkanes) is 4. The lowest BCUT2D eigenvalue weighted by Crippen LogP contribution is -2.31. The summed E-state index contributed by atoms with van der Waals surface area (Å²) in [4.78, 5) is 54.1.